The van der Waals surface area contributed by atoms with Crippen molar-refractivity contribution >= 4 is 17.8 Å². The highest BCUT2D eigenvalue weighted by atomic mass is 16.5. The lowest BCUT2D eigenvalue weighted by Gasteiger charge is -2.12. The van der Waals surface area contributed by atoms with E-state index in [0.29, 0.717) is 17.2 Å². The number of rotatable bonds is 5. The van der Waals surface area contributed by atoms with E-state index in [9.17, 15) is 0 Å². The van der Waals surface area contributed by atoms with Crippen molar-refractivity contribution in [1.82, 2.24) is 0 Å². The highest BCUT2D eigenvalue weighted by molar-refractivity contribution is 5.78. The molecule has 0 spiro atoms. The molecule has 0 amide bonds. The fourth-order valence-corrected chi connectivity index (χ4v) is 2.03. The normalized spacial score (nSPS) is 10.6. The maximum atomic E-state index is 5.93. The van der Waals surface area contributed by atoms with Gasteiger partial charge < -0.3 is 19.9 Å². The highest BCUT2D eigenvalue weighted by Crippen LogP contribution is 2.35. The Bertz CT molecular complexity index is 650. The SMILES string of the molecule is COc1cc(OC)c(OC)cc1C=Cc1ccccc1N. The summed E-state index contributed by atoms with van der Waals surface area (Å²) < 4.78 is 16.0. The highest BCUT2D eigenvalue weighted by Gasteiger charge is 2.09. The maximum Gasteiger partial charge on any atom is 0.164 e. The second-order valence-electron chi connectivity index (χ2n) is 4.41. The Morgan fingerprint density at radius 1 is 0.762 bits per heavy atom. The molecule has 4 nitrogen and oxygen atoms in total. The van der Waals surface area contributed by atoms with Crippen molar-refractivity contribution in [3.8, 4) is 17.2 Å². The summed E-state index contributed by atoms with van der Waals surface area (Å²) in [5.74, 6) is 1.99. The molecule has 0 saturated carbocycles. The molecular weight excluding hydrogens is 266 g/mol. The summed E-state index contributed by atoms with van der Waals surface area (Å²) in [5, 5.41) is 0. The first kappa shape index (κ1) is 14.8. The van der Waals surface area contributed by atoms with E-state index in [1.54, 1.807) is 27.4 Å². The van der Waals surface area contributed by atoms with Gasteiger partial charge in [0.25, 0.3) is 0 Å². The van der Waals surface area contributed by atoms with Gasteiger partial charge in [0.05, 0.1) is 21.3 Å². The van der Waals surface area contributed by atoms with Gasteiger partial charge in [-0.15, -0.1) is 0 Å². The van der Waals surface area contributed by atoms with Crippen molar-refractivity contribution in [1.29, 1.82) is 0 Å². The Kier molecular flexibility index (Phi) is 4.72. The smallest absolute Gasteiger partial charge is 0.164 e. The first-order valence-electron chi connectivity index (χ1n) is 6.52. The summed E-state index contributed by atoms with van der Waals surface area (Å²) in [5.41, 5.74) is 8.50. The summed E-state index contributed by atoms with van der Waals surface area (Å²) in [7, 11) is 4.82. The molecule has 0 radical (unpaired) electrons. The summed E-state index contributed by atoms with van der Waals surface area (Å²) in [6.45, 7) is 0. The van der Waals surface area contributed by atoms with E-state index in [1.807, 2.05) is 42.5 Å². The summed E-state index contributed by atoms with van der Waals surface area (Å²) >= 11 is 0. The molecule has 0 atom stereocenters. The standard InChI is InChI=1S/C17H19NO3/c1-19-15-11-17(21-3)16(20-2)10-13(15)9-8-12-6-4-5-7-14(12)18/h4-11H,18H2,1-3H3. The van der Waals surface area contributed by atoms with Crippen molar-refractivity contribution in [3.05, 3.63) is 47.5 Å². The van der Waals surface area contributed by atoms with E-state index in [-0.39, 0.29) is 0 Å². The van der Waals surface area contributed by atoms with Crippen LogP contribution in [0.2, 0.25) is 0 Å². The Morgan fingerprint density at radius 2 is 1.33 bits per heavy atom. The third-order valence-electron chi connectivity index (χ3n) is 3.17. The number of benzene rings is 2. The van der Waals surface area contributed by atoms with Crippen LogP contribution in [0.15, 0.2) is 36.4 Å². The summed E-state index contributed by atoms with van der Waals surface area (Å²) in [6.07, 6.45) is 3.88. The molecule has 0 fully saturated rings. The molecule has 0 aromatic heterocycles. The van der Waals surface area contributed by atoms with Gasteiger partial charge in [0, 0.05) is 17.3 Å². The third kappa shape index (κ3) is 3.28. The second-order valence-corrected chi connectivity index (χ2v) is 4.41. The molecule has 2 aromatic rings. The molecule has 0 heterocycles. The number of ether oxygens (including phenoxy) is 3. The van der Waals surface area contributed by atoms with E-state index in [4.69, 9.17) is 19.9 Å². The molecular formula is C17H19NO3. The van der Waals surface area contributed by atoms with Crippen molar-refractivity contribution in [2.45, 2.75) is 0 Å². The molecule has 21 heavy (non-hydrogen) atoms. The molecule has 2 N–H and O–H groups in total. The first-order chi connectivity index (χ1) is 10.2. The van der Waals surface area contributed by atoms with Crippen molar-refractivity contribution in [3.63, 3.8) is 0 Å². The van der Waals surface area contributed by atoms with E-state index in [0.717, 1.165) is 16.8 Å². The van der Waals surface area contributed by atoms with Gasteiger partial charge in [-0.1, -0.05) is 30.4 Å². The van der Waals surface area contributed by atoms with Gasteiger partial charge in [-0.3, -0.25) is 0 Å². The van der Waals surface area contributed by atoms with Gasteiger partial charge >= 0.3 is 0 Å². The summed E-state index contributed by atoms with van der Waals surface area (Å²) in [6, 6.07) is 11.3. The summed E-state index contributed by atoms with van der Waals surface area (Å²) in [4.78, 5) is 0. The lowest BCUT2D eigenvalue weighted by atomic mass is 10.1. The average molecular weight is 285 g/mol. The first-order valence-corrected chi connectivity index (χ1v) is 6.52. The van der Waals surface area contributed by atoms with Crippen LogP contribution in [0.3, 0.4) is 0 Å². The van der Waals surface area contributed by atoms with E-state index in [2.05, 4.69) is 0 Å². The fraction of sp³-hybridized carbons (Fsp3) is 0.176. The Labute approximate surface area is 124 Å². The largest absolute Gasteiger partial charge is 0.496 e. The number of hydrogen-bond acceptors (Lipinski definition) is 4. The molecule has 4 heteroatoms. The molecule has 0 aliphatic heterocycles. The molecule has 0 bridgehead atoms. The number of anilines is 1. The lowest BCUT2D eigenvalue weighted by Crippen LogP contribution is -1.94. The maximum absolute atomic E-state index is 5.93. The zero-order chi connectivity index (χ0) is 15.2. The van der Waals surface area contributed by atoms with Crippen LogP contribution in [0.25, 0.3) is 12.2 Å². The van der Waals surface area contributed by atoms with Crippen molar-refractivity contribution in [2.75, 3.05) is 27.1 Å². The van der Waals surface area contributed by atoms with Gasteiger partial charge in [0.1, 0.15) is 5.75 Å². The Morgan fingerprint density at radius 3 is 1.95 bits per heavy atom. The average Bonchev–Trinajstić information content (AvgIpc) is 2.53. The molecule has 110 valence electrons. The molecule has 0 aliphatic rings. The fourth-order valence-electron chi connectivity index (χ4n) is 2.03. The van der Waals surface area contributed by atoms with Crippen LogP contribution in [0.5, 0.6) is 17.2 Å². The molecule has 2 rings (SSSR count). The minimum atomic E-state index is 0.630. The van der Waals surface area contributed by atoms with Crippen LogP contribution >= 0.6 is 0 Å². The second kappa shape index (κ2) is 6.70. The van der Waals surface area contributed by atoms with E-state index in [1.165, 1.54) is 0 Å². The van der Waals surface area contributed by atoms with Gasteiger partial charge in [-0.2, -0.15) is 0 Å². The van der Waals surface area contributed by atoms with Crippen LogP contribution in [-0.2, 0) is 0 Å². The van der Waals surface area contributed by atoms with Crippen LogP contribution in [-0.4, -0.2) is 21.3 Å². The number of nitrogen functional groups attached to an aromatic ring is 1. The zero-order valence-electron chi connectivity index (χ0n) is 12.4. The Balaban J connectivity index is 2.41. The van der Waals surface area contributed by atoms with Crippen LogP contribution in [0.1, 0.15) is 11.1 Å². The van der Waals surface area contributed by atoms with Gasteiger partial charge in [-0.05, 0) is 17.7 Å². The quantitative estimate of drug-likeness (QED) is 0.675. The number of nitrogens with two attached hydrogens (primary N) is 1. The van der Waals surface area contributed by atoms with Crippen LogP contribution < -0.4 is 19.9 Å². The van der Waals surface area contributed by atoms with E-state index >= 15 is 0 Å². The van der Waals surface area contributed by atoms with Gasteiger partial charge in [0.15, 0.2) is 11.5 Å². The monoisotopic (exact) mass is 285 g/mol. The van der Waals surface area contributed by atoms with Crippen molar-refractivity contribution < 1.29 is 14.2 Å². The van der Waals surface area contributed by atoms with Gasteiger partial charge in [-0.25, -0.2) is 0 Å². The predicted octanol–water partition coefficient (Wildman–Crippen LogP) is 3.47. The van der Waals surface area contributed by atoms with Crippen LogP contribution in [0, 0.1) is 0 Å². The molecule has 0 saturated heterocycles. The number of para-hydroxylation sites is 1. The van der Waals surface area contributed by atoms with Crippen molar-refractivity contribution in [2.24, 2.45) is 0 Å². The minimum Gasteiger partial charge on any atom is -0.496 e. The molecule has 0 aliphatic carbocycles. The lowest BCUT2D eigenvalue weighted by molar-refractivity contribution is 0.348. The number of hydrogen-bond donors (Lipinski definition) is 1. The molecule has 0 unspecified atom stereocenters. The third-order valence-corrected chi connectivity index (χ3v) is 3.17. The topological polar surface area (TPSA) is 53.7 Å². The van der Waals surface area contributed by atoms with E-state index < -0.39 is 0 Å². The zero-order valence-corrected chi connectivity index (χ0v) is 12.4. The van der Waals surface area contributed by atoms with Crippen LogP contribution in [0.4, 0.5) is 5.69 Å². The minimum absolute atomic E-state index is 0.630. The Hall–Kier alpha value is -2.62. The predicted molar refractivity (Wildman–Crippen MR) is 85.9 cm³/mol. The van der Waals surface area contributed by atoms with Gasteiger partial charge in [0.2, 0.25) is 0 Å². The molecule has 2 aromatic carbocycles. The number of methoxy groups -OCH3 is 3.